The summed E-state index contributed by atoms with van der Waals surface area (Å²) in [5, 5.41) is 23.2. The zero-order chi connectivity index (χ0) is 52.9. The molecule has 2 atom stereocenters. The predicted molar refractivity (Wildman–Crippen MR) is 273 cm³/mol. The number of nitrogens with two attached hydrogens (primary N) is 1. The third-order valence-corrected chi connectivity index (χ3v) is 16.7. The average Bonchev–Trinajstić information content (AvgIpc) is 3.88. The lowest BCUT2D eigenvalue weighted by molar-refractivity contribution is -0.138. The molecule has 4 aromatic carbocycles. The molecule has 2 aliphatic carbocycles. The van der Waals surface area contributed by atoms with Crippen molar-refractivity contribution in [3.63, 3.8) is 0 Å². The Morgan fingerprint density at radius 1 is 0.880 bits per heavy atom. The van der Waals surface area contributed by atoms with Crippen LogP contribution < -0.4 is 36.1 Å². The Labute approximate surface area is 436 Å². The summed E-state index contributed by atoms with van der Waals surface area (Å²) in [5.41, 5.74) is 5.31. The van der Waals surface area contributed by atoms with E-state index < -0.39 is 64.3 Å². The Kier molecular flexibility index (Phi) is 14.9. The lowest BCUT2D eigenvalue weighted by Crippen LogP contribution is -2.51. The fourth-order valence-corrected chi connectivity index (χ4v) is 12.7. The molecule has 75 heavy (non-hydrogen) atoms. The maximum Gasteiger partial charge on any atom is 0.329 e. The molecule has 4 fully saturated rings. The van der Waals surface area contributed by atoms with E-state index in [4.69, 9.17) is 26.8 Å². The second-order valence-corrected chi connectivity index (χ2v) is 21.1. The number of aromatic nitrogens is 2. The Hall–Kier alpha value is -6.28. The first kappa shape index (κ1) is 52.2. The second-order valence-electron chi connectivity index (χ2n) is 20.7. The molecule has 2 saturated heterocycles. The van der Waals surface area contributed by atoms with Crippen molar-refractivity contribution in [2.24, 2.45) is 18.7 Å². The monoisotopic (exact) mass is 1060 g/mol. The fourth-order valence-electron chi connectivity index (χ4n) is 12.4. The highest BCUT2D eigenvalue weighted by molar-refractivity contribution is 6.34. The van der Waals surface area contributed by atoms with E-state index in [1.807, 2.05) is 42.2 Å². The number of benzene rings is 4. The van der Waals surface area contributed by atoms with Gasteiger partial charge in [-0.3, -0.25) is 29.3 Å². The van der Waals surface area contributed by atoms with Crippen LogP contribution in [0.4, 0.5) is 28.2 Å². The van der Waals surface area contributed by atoms with Crippen LogP contribution in [0.15, 0.2) is 54.6 Å². The molecule has 5 aromatic rings. The van der Waals surface area contributed by atoms with Crippen LogP contribution in [-0.2, 0) is 22.2 Å². The van der Waals surface area contributed by atoms with Gasteiger partial charge in [-0.1, -0.05) is 48.9 Å². The number of ether oxygens (including phenoxy) is 2. The number of carbonyl (C=O) groups excluding carboxylic acids is 4. The number of nitrogens with zero attached hydrogens (tertiary/aromatic N) is 4. The summed E-state index contributed by atoms with van der Waals surface area (Å²) in [6.45, 7) is 2.86. The average molecular weight is 1060 g/mol. The number of likely N-dealkylation sites (tertiary alicyclic amines) is 1. The summed E-state index contributed by atoms with van der Waals surface area (Å²) in [4.78, 5) is 54.2. The van der Waals surface area contributed by atoms with Gasteiger partial charge in [-0.05, 0) is 93.9 Å². The van der Waals surface area contributed by atoms with E-state index in [0.717, 1.165) is 44.1 Å². The van der Waals surface area contributed by atoms with Crippen molar-refractivity contribution in [3.8, 4) is 22.6 Å². The van der Waals surface area contributed by atoms with E-state index in [1.165, 1.54) is 33.8 Å². The van der Waals surface area contributed by atoms with Gasteiger partial charge in [0, 0.05) is 97.9 Å². The van der Waals surface area contributed by atoms with Gasteiger partial charge >= 0.3 is 6.03 Å². The number of imide groups is 1. The number of anilines is 1. The maximum atomic E-state index is 16.5. The topological polar surface area (TPSA) is 193 Å². The first-order chi connectivity index (χ1) is 36.1. The molecule has 2 unspecified atom stereocenters. The van der Waals surface area contributed by atoms with Crippen molar-refractivity contribution in [2.75, 3.05) is 44.3 Å². The Morgan fingerprint density at radius 3 is 2.25 bits per heavy atom. The van der Waals surface area contributed by atoms with Crippen LogP contribution in [0.25, 0.3) is 22.0 Å². The van der Waals surface area contributed by atoms with Crippen LogP contribution in [0.2, 0.25) is 5.02 Å². The number of carbonyl (C=O) groups is 4. The molecule has 0 bridgehead atoms. The molecular formula is C55H61ClF4N8O7. The fraction of sp³-hybridized carbons (Fsp3) is 0.473. The van der Waals surface area contributed by atoms with E-state index >= 15 is 17.6 Å². The van der Waals surface area contributed by atoms with Crippen molar-refractivity contribution in [2.45, 2.75) is 113 Å². The van der Waals surface area contributed by atoms with E-state index in [0.29, 0.717) is 44.3 Å². The first-order valence-electron chi connectivity index (χ1n) is 25.9. The number of primary amides is 1. The molecule has 15 nitrogen and oxygen atoms in total. The molecule has 20 heteroatoms. The number of piperidine rings is 1. The molecule has 1 aromatic heterocycles. The molecule has 10 rings (SSSR count). The number of hydrogen-bond acceptors (Lipinski definition) is 10. The molecule has 0 radical (unpaired) electrons. The first-order valence-corrected chi connectivity index (χ1v) is 26.3. The SMILES string of the molecule is CC1c2c(cc(F)c(Cl)c2-c2c(C(N)=O)ccc(OCCO)c2F)OC1(CNC1CCC(C(=O)N2CCC(NC3CCC(c4c(F)cc5c(N6CCC(=O)NC6=O)nn(C)c5c4F)CC3)CC2)CC1)c1ccccc1. The summed E-state index contributed by atoms with van der Waals surface area (Å²) < 4.78 is 78.0. The molecule has 0 spiro atoms. The second kappa shape index (κ2) is 21.4. The zero-order valence-corrected chi connectivity index (χ0v) is 42.6. The van der Waals surface area contributed by atoms with Crippen molar-refractivity contribution >= 4 is 52.1 Å². The molecule has 3 aliphatic heterocycles. The molecule has 6 N–H and O–H groups in total. The summed E-state index contributed by atoms with van der Waals surface area (Å²) in [6.07, 6.45) is 7.16. The van der Waals surface area contributed by atoms with Crippen molar-refractivity contribution < 1.29 is 51.3 Å². The van der Waals surface area contributed by atoms with Crippen LogP contribution in [0, 0.1) is 29.2 Å². The van der Waals surface area contributed by atoms with Crippen molar-refractivity contribution in [3.05, 3.63) is 105 Å². The highest BCUT2D eigenvalue weighted by atomic mass is 35.5. The number of aryl methyl sites for hydroxylation is 1. The lowest BCUT2D eigenvalue weighted by atomic mass is 9.77. The number of aliphatic hydroxyl groups excluding tert-OH is 1. The van der Waals surface area contributed by atoms with Crippen molar-refractivity contribution in [1.82, 2.24) is 30.6 Å². The summed E-state index contributed by atoms with van der Waals surface area (Å²) >= 11 is 6.71. The van der Waals surface area contributed by atoms with Gasteiger partial charge < -0.3 is 35.8 Å². The number of nitrogens with one attached hydrogen (secondary N) is 3. The largest absolute Gasteiger partial charge is 0.488 e. The highest BCUT2D eigenvalue weighted by Crippen LogP contribution is 2.57. The maximum absolute atomic E-state index is 16.5. The van der Waals surface area contributed by atoms with Crippen LogP contribution in [-0.4, -0.2) is 101 Å². The Bertz CT molecular complexity index is 3030. The minimum Gasteiger partial charge on any atom is -0.488 e. The molecule has 398 valence electrons. The number of halogens is 5. The molecule has 5 aliphatic rings. The smallest absolute Gasteiger partial charge is 0.329 e. The predicted octanol–water partition coefficient (Wildman–Crippen LogP) is 8.21. The third-order valence-electron chi connectivity index (χ3n) is 16.4. The number of aliphatic hydroxyl groups is 1. The van der Waals surface area contributed by atoms with Gasteiger partial charge in [0.2, 0.25) is 17.7 Å². The van der Waals surface area contributed by atoms with Crippen LogP contribution in [0.1, 0.15) is 116 Å². The molecule has 4 heterocycles. The lowest BCUT2D eigenvalue weighted by Gasteiger charge is -2.39. The Morgan fingerprint density at radius 2 is 1.57 bits per heavy atom. The summed E-state index contributed by atoms with van der Waals surface area (Å²) in [7, 11) is 1.56. The number of urea groups is 1. The normalized spacial score (nSPS) is 24.3. The number of fused-ring (bicyclic) bond motifs is 2. The van der Waals surface area contributed by atoms with Gasteiger partial charge in [-0.15, -0.1) is 0 Å². The zero-order valence-electron chi connectivity index (χ0n) is 41.8. The van der Waals surface area contributed by atoms with E-state index in [-0.39, 0.29) is 112 Å². The van der Waals surface area contributed by atoms with E-state index in [1.54, 1.807) is 7.05 Å². The summed E-state index contributed by atoms with van der Waals surface area (Å²) in [5.74, 6) is -5.49. The molecular weight excluding hydrogens is 996 g/mol. The van der Waals surface area contributed by atoms with Gasteiger partial charge in [-0.25, -0.2) is 22.4 Å². The third kappa shape index (κ3) is 9.80. The highest BCUT2D eigenvalue weighted by Gasteiger charge is 2.50. The summed E-state index contributed by atoms with van der Waals surface area (Å²) in [6, 6.07) is 14.1. The molecule has 2 saturated carbocycles. The van der Waals surface area contributed by atoms with Gasteiger partial charge in [0.25, 0.3) is 0 Å². The minimum atomic E-state index is -1.13. The van der Waals surface area contributed by atoms with E-state index in [2.05, 4.69) is 21.0 Å². The van der Waals surface area contributed by atoms with Crippen LogP contribution >= 0.6 is 11.6 Å². The van der Waals surface area contributed by atoms with Gasteiger partial charge in [0.05, 0.1) is 22.6 Å². The van der Waals surface area contributed by atoms with Crippen molar-refractivity contribution in [1.29, 1.82) is 0 Å². The van der Waals surface area contributed by atoms with E-state index in [9.17, 15) is 24.3 Å². The molecule has 5 amide bonds. The van der Waals surface area contributed by atoms with Crippen LogP contribution in [0.3, 0.4) is 0 Å². The van der Waals surface area contributed by atoms with Crippen LogP contribution in [0.5, 0.6) is 11.5 Å². The van der Waals surface area contributed by atoms with Gasteiger partial charge in [0.1, 0.15) is 29.5 Å². The number of amides is 5. The standard InChI is InChI=1S/C55H61ClF4N8O7/c1-29-43-41(27-39(58)47(56)46(43)45-36(51(61)71)16-17-40(48(45)59)74-25-24-69)75-55(29,32-6-4-3-5-7-32)28-62-33-12-10-31(11-13-33)53(72)67-21-18-35(19-22-67)63-34-14-8-30(9-15-34)44-38(57)26-37-50(49(44)60)66(2)65-52(37)68-23-20-42(70)64-54(68)73/h3-7,16-17,26-27,29-31,33-35,62-63,69H,8-15,18-25,28H2,1-2H3,(H2,61,71)(H,64,70,73). The minimum absolute atomic E-state index is 0.0281. The van der Waals surface area contributed by atoms with Gasteiger partial charge in [-0.2, -0.15) is 5.10 Å². The number of rotatable bonds is 14. The van der Waals surface area contributed by atoms with Gasteiger partial charge in [0.15, 0.2) is 28.8 Å². The number of hydrogen-bond donors (Lipinski definition) is 5. The quantitative estimate of drug-likeness (QED) is 0.0677. The Balaban J connectivity index is 0.739.